The molecule has 1 aromatic heterocycles. The number of benzene rings is 2. The van der Waals surface area contributed by atoms with E-state index in [1.807, 2.05) is 38.1 Å². The summed E-state index contributed by atoms with van der Waals surface area (Å²) in [6.45, 7) is 4.17. The third kappa shape index (κ3) is 7.18. The van der Waals surface area contributed by atoms with Crippen molar-refractivity contribution in [3.05, 3.63) is 78.4 Å². The van der Waals surface area contributed by atoms with Gasteiger partial charge in [0.25, 0.3) is 0 Å². The van der Waals surface area contributed by atoms with Crippen molar-refractivity contribution in [2.45, 2.75) is 26.5 Å². The second-order valence-corrected chi connectivity index (χ2v) is 6.57. The number of rotatable bonds is 7. The molecule has 2 aromatic carbocycles. The van der Waals surface area contributed by atoms with Crippen molar-refractivity contribution in [1.82, 2.24) is 4.98 Å². The molecule has 0 saturated heterocycles. The van der Waals surface area contributed by atoms with Crippen molar-refractivity contribution >= 4 is 35.6 Å². The van der Waals surface area contributed by atoms with Crippen molar-refractivity contribution in [2.75, 3.05) is 5.32 Å². The molecule has 8 heteroatoms. The number of nitrogens with zero attached hydrogens (tertiary/aromatic N) is 2. The number of pyridine rings is 1. The number of ether oxygens (including phenoxy) is 2. The van der Waals surface area contributed by atoms with Crippen LogP contribution in [0.25, 0.3) is 0 Å². The molecule has 1 heterocycles. The van der Waals surface area contributed by atoms with Gasteiger partial charge in [0.1, 0.15) is 11.5 Å². The molecule has 3 rings (SSSR count). The zero-order valence-corrected chi connectivity index (χ0v) is 19.0. The molecule has 3 N–H and O–H groups in total. The first-order valence-electron chi connectivity index (χ1n) is 9.19. The zero-order valence-electron chi connectivity index (χ0n) is 16.7. The first-order chi connectivity index (χ1) is 14.0. The van der Waals surface area contributed by atoms with E-state index >= 15 is 0 Å². The summed E-state index contributed by atoms with van der Waals surface area (Å²) in [6, 6.07) is 15.5. The van der Waals surface area contributed by atoms with Gasteiger partial charge >= 0.3 is 0 Å². The van der Waals surface area contributed by atoms with Crippen LogP contribution in [0.5, 0.6) is 17.2 Å². The van der Waals surface area contributed by atoms with Crippen LogP contribution in [0.15, 0.2) is 72.0 Å². The number of aliphatic imine (C=N–C) groups is 1. The lowest BCUT2D eigenvalue weighted by Crippen LogP contribution is -2.22. The second-order valence-electron chi connectivity index (χ2n) is 6.57. The van der Waals surface area contributed by atoms with Crippen LogP contribution in [0.3, 0.4) is 0 Å². The molecule has 0 fully saturated rings. The molecule has 0 aliphatic rings. The van der Waals surface area contributed by atoms with Crippen LogP contribution in [0.2, 0.25) is 0 Å². The van der Waals surface area contributed by atoms with Gasteiger partial charge in [-0.25, -0.2) is 9.38 Å². The Hall–Kier alpha value is -2.88. The van der Waals surface area contributed by atoms with Gasteiger partial charge in [-0.05, 0) is 67.9 Å². The number of guanidine groups is 1. The summed E-state index contributed by atoms with van der Waals surface area (Å²) in [5, 5.41) is 3.00. The number of halogens is 2. The van der Waals surface area contributed by atoms with Crippen LogP contribution in [-0.2, 0) is 6.54 Å². The number of hydrogen-bond donors (Lipinski definition) is 2. The second kappa shape index (κ2) is 11.3. The Labute approximate surface area is 192 Å². The molecule has 0 amide bonds. The van der Waals surface area contributed by atoms with E-state index < -0.39 is 5.82 Å². The first-order valence-corrected chi connectivity index (χ1v) is 9.19. The van der Waals surface area contributed by atoms with Crippen LogP contribution in [0, 0.1) is 5.82 Å². The van der Waals surface area contributed by atoms with Crippen molar-refractivity contribution in [3.63, 3.8) is 0 Å². The Morgan fingerprint density at radius 1 is 1.13 bits per heavy atom. The molecule has 158 valence electrons. The van der Waals surface area contributed by atoms with E-state index in [1.165, 1.54) is 12.3 Å². The average molecular weight is 522 g/mol. The third-order valence-corrected chi connectivity index (χ3v) is 3.79. The maximum atomic E-state index is 14.3. The number of nitrogens with two attached hydrogens (primary N) is 1. The van der Waals surface area contributed by atoms with Gasteiger partial charge in [0.05, 0.1) is 18.8 Å². The van der Waals surface area contributed by atoms with Crippen molar-refractivity contribution in [2.24, 2.45) is 10.7 Å². The van der Waals surface area contributed by atoms with Gasteiger partial charge in [0.15, 0.2) is 17.5 Å². The Morgan fingerprint density at radius 2 is 1.90 bits per heavy atom. The number of aromatic nitrogens is 1. The number of nitrogens with one attached hydrogen (secondary N) is 1. The Kier molecular flexibility index (Phi) is 8.85. The molecule has 6 nitrogen and oxygen atoms in total. The van der Waals surface area contributed by atoms with Crippen molar-refractivity contribution < 1.29 is 13.9 Å². The fraction of sp³-hybridized carbons (Fsp3) is 0.182. The topological polar surface area (TPSA) is 81.8 Å². The molecule has 3 aromatic rings. The average Bonchev–Trinajstić information content (AvgIpc) is 2.70. The molecule has 0 aliphatic carbocycles. The summed E-state index contributed by atoms with van der Waals surface area (Å²) >= 11 is 0. The van der Waals surface area contributed by atoms with Crippen molar-refractivity contribution in [1.29, 1.82) is 0 Å². The van der Waals surface area contributed by atoms with Gasteiger partial charge in [0, 0.05) is 11.9 Å². The van der Waals surface area contributed by atoms with E-state index in [9.17, 15) is 4.39 Å². The van der Waals surface area contributed by atoms with E-state index in [2.05, 4.69) is 15.3 Å². The van der Waals surface area contributed by atoms with E-state index in [4.69, 9.17) is 15.2 Å². The monoisotopic (exact) mass is 522 g/mol. The van der Waals surface area contributed by atoms with Gasteiger partial charge < -0.3 is 20.5 Å². The maximum Gasteiger partial charge on any atom is 0.193 e. The van der Waals surface area contributed by atoms with E-state index in [0.717, 1.165) is 11.4 Å². The van der Waals surface area contributed by atoms with E-state index in [-0.39, 0.29) is 48.3 Å². The number of anilines is 1. The summed E-state index contributed by atoms with van der Waals surface area (Å²) in [5.41, 5.74) is 7.38. The summed E-state index contributed by atoms with van der Waals surface area (Å²) in [7, 11) is 0. The Bertz CT molecular complexity index is 967. The number of hydrogen-bond acceptors (Lipinski definition) is 4. The van der Waals surface area contributed by atoms with Gasteiger partial charge in [-0.2, -0.15) is 0 Å². The predicted octanol–water partition coefficient (Wildman–Crippen LogP) is 5.35. The highest BCUT2D eigenvalue weighted by Gasteiger charge is 2.06. The minimum atomic E-state index is -0.478. The quantitative estimate of drug-likeness (QED) is 0.249. The molecule has 0 saturated carbocycles. The molecule has 0 aliphatic heterocycles. The predicted molar refractivity (Wildman–Crippen MR) is 127 cm³/mol. The highest BCUT2D eigenvalue weighted by molar-refractivity contribution is 14.0. The first kappa shape index (κ1) is 23.4. The fourth-order valence-electron chi connectivity index (χ4n) is 2.51. The summed E-state index contributed by atoms with van der Waals surface area (Å²) in [4.78, 5) is 8.19. The van der Waals surface area contributed by atoms with Crippen LogP contribution in [0.4, 0.5) is 10.1 Å². The SMILES string of the molecule is CC(C)Oc1ccc(NC(N)=NCc2ccc(Oc3cccnc3)c(F)c2)cc1.I. The minimum absolute atomic E-state index is 0. The Morgan fingerprint density at radius 3 is 2.53 bits per heavy atom. The van der Waals surface area contributed by atoms with Crippen LogP contribution < -0.4 is 20.5 Å². The molecule has 30 heavy (non-hydrogen) atoms. The largest absolute Gasteiger partial charge is 0.491 e. The van der Waals surface area contributed by atoms with Crippen LogP contribution in [-0.4, -0.2) is 17.0 Å². The maximum absolute atomic E-state index is 14.3. The Balaban J connectivity index is 0.00000320. The van der Waals surface area contributed by atoms with Gasteiger partial charge in [-0.1, -0.05) is 6.07 Å². The van der Waals surface area contributed by atoms with Gasteiger partial charge in [-0.15, -0.1) is 24.0 Å². The fourth-order valence-corrected chi connectivity index (χ4v) is 2.51. The van der Waals surface area contributed by atoms with Crippen LogP contribution >= 0.6 is 24.0 Å². The third-order valence-electron chi connectivity index (χ3n) is 3.79. The molecule has 0 spiro atoms. The molecule has 0 unspecified atom stereocenters. The molecule has 0 bridgehead atoms. The van der Waals surface area contributed by atoms with Gasteiger partial charge in [-0.3, -0.25) is 4.98 Å². The highest BCUT2D eigenvalue weighted by atomic mass is 127. The molecule has 0 radical (unpaired) electrons. The van der Waals surface area contributed by atoms with Crippen LogP contribution in [0.1, 0.15) is 19.4 Å². The summed E-state index contributed by atoms with van der Waals surface area (Å²) in [6.07, 6.45) is 3.25. The molecular weight excluding hydrogens is 498 g/mol. The van der Waals surface area contributed by atoms with Crippen molar-refractivity contribution in [3.8, 4) is 17.2 Å². The lowest BCUT2D eigenvalue weighted by atomic mass is 10.2. The standard InChI is InChI=1S/C22H23FN4O2.HI/c1-15(2)28-18-8-6-17(7-9-18)27-22(24)26-13-16-5-10-21(20(23)12-16)29-19-4-3-11-25-14-19;/h3-12,14-15H,13H2,1-2H3,(H3,24,26,27);1H. The van der Waals surface area contributed by atoms with E-state index in [0.29, 0.717) is 11.3 Å². The molecule has 0 atom stereocenters. The highest BCUT2D eigenvalue weighted by Crippen LogP contribution is 2.24. The molecular formula is C22H24FIN4O2. The van der Waals surface area contributed by atoms with E-state index in [1.54, 1.807) is 30.5 Å². The summed E-state index contributed by atoms with van der Waals surface area (Å²) < 4.78 is 25.4. The lowest BCUT2D eigenvalue weighted by molar-refractivity contribution is 0.242. The zero-order chi connectivity index (χ0) is 20.6. The summed E-state index contributed by atoms with van der Waals surface area (Å²) in [5.74, 6) is 1.13. The smallest absolute Gasteiger partial charge is 0.193 e. The lowest BCUT2D eigenvalue weighted by Gasteiger charge is -2.11. The normalized spacial score (nSPS) is 11.0. The van der Waals surface area contributed by atoms with Gasteiger partial charge in [0.2, 0.25) is 0 Å². The minimum Gasteiger partial charge on any atom is -0.491 e.